The van der Waals surface area contributed by atoms with Gasteiger partial charge in [0.2, 0.25) is 0 Å². The highest BCUT2D eigenvalue weighted by atomic mass is 16.3. The summed E-state index contributed by atoms with van der Waals surface area (Å²) < 4.78 is 0. The van der Waals surface area contributed by atoms with Crippen molar-refractivity contribution in [3.63, 3.8) is 0 Å². The molecule has 0 atom stereocenters. The molecule has 0 aromatic heterocycles. The highest BCUT2D eigenvalue weighted by Crippen LogP contribution is 2.23. The molecule has 0 heterocycles. The summed E-state index contributed by atoms with van der Waals surface area (Å²) in [5.74, 6) is 0.242. The standard InChI is InChI=1S/C11H19O/c1-5-6-7-8-9-10(12)11(2,3)4/h5,9H,1,6-8H2,2-4H3. The third-order valence-corrected chi connectivity index (χ3v) is 1.68. The molecule has 1 radical (unpaired) electrons. The zero-order valence-electron chi connectivity index (χ0n) is 8.39. The lowest BCUT2D eigenvalue weighted by Gasteiger charge is -2.13. The minimum Gasteiger partial charge on any atom is -0.295 e. The molecule has 0 spiro atoms. The summed E-state index contributed by atoms with van der Waals surface area (Å²) in [6.45, 7) is 9.46. The van der Waals surface area contributed by atoms with Crippen molar-refractivity contribution in [1.29, 1.82) is 0 Å². The molecule has 0 aliphatic carbocycles. The second-order valence-corrected chi connectivity index (χ2v) is 4.04. The van der Waals surface area contributed by atoms with Crippen LogP contribution in [-0.2, 0) is 5.11 Å². The molecule has 0 unspecified atom stereocenters. The summed E-state index contributed by atoms with van der Waals surface area (Å²) in [6.07, 6.45) is 6.58. The van der Waals surface area contributed by atoms with Gasteiger partial charge in [0, 0.05) is 5.41 Å². The van der Waals surface area contributed by atoms with Crippen LogP contribution in [0, 0.1) is 5.41 Å². The molecule has 0 saturated heterocycles. The predicted molar refractivity (Wildman–Crippen MR) is 52.3 cm³/mol. The molecule has 0 amide bonds. The zero-order valence-corrected chi connectivity index (χ0v) is 8.39. The van der Waals surface area contributed by atoms with Crippen LogP contribution >= 0.6 is 0 Å². The second-order valence-electron chi connectivity index (χ2n) is 4.04. The van der Waals surface area contributed by atoms with Gasteiger partial charge in [-0.05, 0) is 25.3 Å². The van der Waals surface area contributed by atoms with E-state index < -0.39 is 0 Å². The van der Waals surface area contributed by atoms with E-state index in [1.807, 2.05) is 26.8 Å². The Hall–Kier alpha value is -0.720. The van der Waals surface area contributed by atoms with Crippen LogP contribution in [0.15, 0.2) is 24.5 Å². The van der Waals surface area contributed by atoms with Crippen molar-refractivity contribution < 1.29 is 5.11 Å². The van der Waals surface area contributed by atoms with E-state index in [-0.39, 0.29) is 11.2 Å². The molecule has 0 N–H and O–H groups in total. The van der Waals surface area contributed by atoms with E-state index in [9.17, 15) is 5.11 Å². The minimum absolute atomic E-state index is 0.214. The summed E-state index contributed by atoms with van der Waals surface area (Å²) in [4.78, 5) is 0. The number of allylic oxidation sites excluding steroid dienone is 3. The highest BCUT2D eigenvalue weighted by Gasteiger charge is 2.17. The summed E-state index contributed by atoms with van der Waals surface area (Å²) in [5.41, 5.74) is -0.214. The largest absolute Gasteiger partial charge is 0.295 e. The van der Waals surface area contributed by atoms with E-state index in [4.69, 9.17) is 0 Å². The molecule has 0 rings (SSSR count). The van der Waals surface area contributed by atoms with E-state index in [2.05, 4.69) is 6.58 Å². The third kappa shape index (κ3) is 5.00. The normalized spacial score (nSPS) is 13.1. The van der Waals surface area contributed by atoms with Gasteiger partial charge in [-0.1, -0.05) is 26.8 Å². The van der Waals surface area contributed by atoms with Crippen molar-refractivity contribution in [3.8, 4) is 0 Å². The van der Waals surface area contributed by atoms with Crippen molar-refractivity contribution >= 4 is 0 Å². The van der Waals surface area contributed by atoms with E-state index in [1.54, 1.807) is 6.08 Å². The topological polar surface area (TPSA) is 19.9 Å². The van der Waals surface area contributed by atoms with E-state index in [1.165, 1.54) is 0 Å². The minimum atomic E-state index is -0.214. The zero-order chi connectivity index (χ0) is 9.61. The van der Waals surface area contributed by atoms with Crippen LogP contribution in [0.25, 0.3) is 0 Å². The van der Waals surface area contributed by atoms with Crippen LogP contribution in [0.2, 0.25) is 0 Å². The molecule has 1 heteroatoms. The Morgan fingerprint density at radius 3 is 2.33 bits per heavy atom. The van der Waals surface area contributed by atoms with Gasteiger partial charge in [0.05, 0.1) is 0 Å². The molecule has 0 aliphatic heterocycles. The van der Waals surface area contributed by atoms with Gasteiger partial charge in [-0.3, -0.25) is 5.11 Å². The Bertz CT molecular complexity index is 160. The van der Waals surface area contributed by atoms with Crippen molar-refractivity contribution in [2.75, 3.05) is 0 Å². The first kappa shape index (κ1) is 11.3. The maximum absolute atomic E-state index is 11.3. The van der Waals surface area contributed by atoms with Gasteiger partial charge >= 0.3 is 0 Å². The van der Waals surface area contributed by atoms with Gasteiger partial charge in [-0.2, -0.15) is 0 Å². The monoisotopic (exact) mass is 167 g/mol. The van der Waals surface area contributed by atoms with Crippen LogP contribution < -0.4 is 0 Å². The fraction of sp³-hybridized carbons (Fsp3) is 0.636. The lowest BCUT2D eigenvalue weighted by Crippen LogP contribution is -2.07. The third-order valence-electron chi connectivity index (χ3n) is 1.68. The van der Waals surface area contributed by atoms with E-state index >= 15 is 0 Å². The van der Waals surface area contributed by atoms with Crippen LogP contribution in [-0.4, -0.2) is 0 Å². The van der Waals surface area contributed by atoms with Crippen molar-refractivity contribution in [1.82, 2.24) is 0 Å². The summed E-state index contributed by atoms with van der Waals surface area (Å²) >= 11 is 0. The molecule has 0 aromatic carbocycles. The summed E-state index contributed by atoms with van der Waals surface area (Å²) in [7, 11) is 0. The molecular weight excluding hydrogens is 148 g/mol. The van der Waals surface area contributed by atoms with Gasteiger partial charge in [0.25, 0.3) is 0 Å². The van der Waals surface area contributed by atoms with Gasteiger partial charge in [0.1, 0.15) is 0 Å². The number of rotatable bonds is 4. The molecule has 0 aliphatic rings. The molecule has 12 heavy (non-hydrogen) atoms. The average molecular weight is 167 g/mol. The fourth-order valence-corrected chi connectivity index (χ4v) is 0.802. The molecule has 0 aromatic rings. The Morgan fingerprint density at radius 1 is 1.33 bits per heavy atom. The molecule has 0 saturated carbocycles. The molecule has 69 valence electrons. The summed E-state index contributed by atoms with van der Waals surface area (Å²) in [5, 5.41) is 11.3. The summed E-state index contributed by atoms with van der Waals surface area (Å²) in [6, 6.07) is 0. The maximum atomic E-state index is 11.3. The fourth-order valence-electron chi connectivity index (χ4n) is 0.802. The van der Waals surface area contributed by atoms with E-state index in [0.29, 0.717) is 0 Å². The molecular formula is C11H19O. The lowest BCUT2D eigenvalue weighted by molar-refractivity contribution is 0.201. The van der Waals surface area contributed by atoms with Gasteiger partial charge in [-0.15, -0.1) is 6.58 Å². The first-order valence-electron chi connectivity index (χ1n) is 4.47. The maximum Gasteiger partial charge on any atom is 0.157 e. The van der Waals surface area contributed by atoms with Gasteiger partial charge < -0.3 is 0 Å². The average Bonchev–Trinajstić information content (AvgIpc) is 1.96. The Morgan fingerprint density at radius 2 is 1.92 bits per heavy atom. The Kier molecular flexibility index (Phi) is 4.72. The smallest absolute Gasteiger partial charge is 0.157 e. The van der Waals surface area contributed by atoms with Crippen LogP contribution in [0.1, 0.15) is 40.0 Å². The molecule has 0 fully saturated rings. The molecule has 0 bridgehead atoms. The highest BCUT2D eigenvalue weighted by molar-refractivity contribution is 5.00. The van der Waals surface area contributed by atoms with E-state index in [0.717, 1.165) is 19.3 Å². The lowest BCUT2D eigenvalue weighted by atomic mass is 9.93. The van der Waals surface area contributed by atoms with Gasteiger partial charge in [-0.25, -0.2) is 0 Å². The number of hydrogen-bond donors (Lipinski definition) is 0. The first-order valence-corrected chi connectivity index (χ1v) is 4.47. The van der Waals surface area contributed by atoms with Crippen LogP contribution in [0.5, 0.6) is 0 Å². The number of hydrogen-bond acceptors (Lipinski definition) is 0. The van der Waals surface area contributed by atoms with Crippen molar-refractivity contribution in [2.24, 2.45) is 5.41 Å². The predicted octanol–water partition coefficient (Wildman–Crippen LogP) is 3.70. The van der Waals surface area contributed by atoms with Gasteiger partial charge in [0.15, 0.2) is 5.76 Å². The Labute approximate surface area is 75.8 Å². The van der Waals surface area contributed by atoms with Crippen LogP contribution in [0.4, 0.5) is 0 Å². The first-order chi connectivity index (χ1) is 5.48. The second kappa shape index (κ2) is 5.02. The van der Waals surface area contributed by atoms with Crippen molar-refractivity contribution in [2.45, 2.75) is 40.0 Å². The van der Waals surface area contributed by atoms with Crippen LogP contribution in [0.3, 0.4) is 0 Å². The Balaban J connectivity index is 3.77. The SMILES string of the molecule is C=CCCCC=C([O])C(C)(C)C. The quantitative estimate of drug-likeness (QED) is 0.345. The number of unbranched alkanes of at least 4 members (excludes halogenated alkanes) is 2. The molecule has 1 nitrogen and oxygen atoms in total. The van der Waals surface area contributed by atoms with Crippen molar-refractivity contribution in [3.05, 3.63) is 24.5 Å².